The largest absolute Gasteiger partial charge is 0.418 e. The third-order valence-electron chi connectivity index (χ3n) is 5.08. The van der Waals surface area contributed by atoms with Crippen molar-refractivity contribution in [3.63, 3.8) is 0 Å². The second-order valence-electron chi connectivity index (χ2n) is 7.42. The number of nitrogens with one attached hydrogen (secondary N) is 1. The molecule has 3 rings (SSSR count). The van der Waals surface area contributed by atoms with Crippen molar-refractivity contribution in [1.29, 1.82) is 0 Å². The second kappa shape index (κ2) is 10.5. The summed E-state index contributed by atoms with van der Waals surface area (Å²) in [5.41, 5.74) is -1.07. The van der Waals surface area contributed by atoms with Crippen LogP contribution in [-0.2, 0) is 20.5 Å². The first kappa shape index (κ1) is 25.0. The number of anilines is 2. The van der Waals surface area contributed by atoms with E-state index in [0.717, 1.165) is 17.0 Å². The lowest BCUT2D eigenvalue weighted by atomic mass is 10.1. The monoisotopic (exact) mass is 482 g/mol. The van der Waals surface area contributed by atoms with Crippen molar-refractivity contribution < 1.29 is 36.7 Å². The fourth-order valence-corrected chi connectivity index (χ4v) is 3.31. The second-order valence-corrected chi connectivity index (χ2v) is 7.42. The van der Waals surface area contributed by atoms with Gasteiger partial charge in [-0.05, 0) is 36.4 Å². The molecule has 0 saturated carbocycles. The molecular weight excluding hydrogens is 460 g/mol. The smallest absolute Gasteiger partial charge is 0.383 e. The number of halogens is 4. The molecule has 0 aliphatic carbocycles. The van der Waals surface area contributed by atoms with E-state index < -0.39 is 47.6 Å². The van der Waals surface area contributed by atoms with Crippen LogP contribution in [0, 0.1) is 5.82 Å². The van der Waals surface area contributed by atoms with Gasteiger partial charge in [-0.25, -0.2) is 9.18 Å². The quantitative estimate of drug-likeness (QED) is 0.615. The van der Waals surface area contributed by atoms with E-state index in [2.05, 4.69) is 5.32 Å². The molecule has 0 unspecified atom stereocenters. The van der Waals surface area contributed by atoms with Crippen LogP contribution in [0.5, 0.6) is 0 Å². The van der Waals surface area contributed by atoms with Crippen LogP contribution in [0.15, 0.2) is 48.5 Å². The summed E-state index contributed by atoms with van der Waals surface area (Å²) < 4.78 is 57.8. The molecule has 0 aromatic heterocycles. The molecule has 0 bridgehead atoms. The minimum Gasteiger partial charge on any atom is -0.383 e. The summed E-state index contributed by atoms with van der Waals surface area (Å²) in [4.78, 5) is 41.4. The predicted molar refractivity (Wildman–Crippen MR) is 114 cm³/mol. The molecule has 8 nitrogen and oxygen atoms in total. The molecule has 1 aliphatic heterocycles. The number of methoxy groups -OCH3 is 1. The Kier molecular flexibility index (Phi) is 7.72. The number of urea groups is 1. The van der Waals surface area contributed by atoms with Crippen molar-refractivity contribution in [2.45, 2.75) is 6.18 Å². The summed E-state index contributed by atoms with van der Waals surface area (Å²) in [6.45, 7) is -0.908. The van der Waals surface area contributed by atoms with Crippen molar-refractivity contribution >= 4 is 29.2 Å². The number of alkyl halides is 3. The molecule has 1 aliphatic rings. The van der Waals surface area contributed by atoms with Gasteiger partial charge in [-0.2, -0.15) is 13.2 Å². The minimum absolute atomic E-state index is 0.0300. The van der Waals surface area contributed by atoms with Crippen molar-refractivity contribution in [2.24, 2.45) is 0 Å². The average molecular weight is 482 g/mol. The van der Waals surface area contributed by atoms with E-state index in [4.69, 9.17) is 4.74 Å². The van der Waals surface area contributed by atoms with Crippen LogP contribution in [-0.4, -0.2) is 67.7 Å². The number of rotatable bonds is 7. The van der Waals surface area contributed by atoms with Gasteiger partial charge in [0.25, 0.3) is 0 Å². The number of benzene rings is 2. The zero-order chi connectivity index (χ0) is 24.9. The van der Waals surface area contributed by atoms with Crippen molar-refractivity contribution in [2.75, 3.05) is 50.2 Å². The lowest BCUT2D eigenvalue weighted by Crippen LogP contribution is -2.45. The van der Waals surface area contributed by atoms with Gasteiger partial charge in [-0.15, -0.1) is 0 Å². The highest BCUT2D eigenvalue weighted by atomic mass is 19.4. The first-order chi connectivity index (χ1) is 16.1. The summed E-state index contributed by atoms with van der Waals surface area (Å²) in [7, 11) is 1.37. The highest BCUT2D eigenvalue weighted by molar-refractivity contribution is 6.01. The zero-order valence-corrected chi connectivity index (χ0v) is 18.1. The number of carbonyl (C=O) groups excluding carboxylic acids is 3. The number of para-hydroxylation sites is 1. The average Bonchev–Trinajstić information content (AvgIpc) is 3.18. The predicted octanol–water partition coefficient (Wildman–Crippen LogP) is 3.16. The van der Waals surface area contributed by atoms with Gasteiger partial charge >= 0.3 is 12.2 Å². The number of ether oxygens (including phenoxy) is 1. The first-order valence-electron chi connectivity index (χ1n) is 10.1. The molecule has 1 N–H and O–H groups in total. The molecule has 4 amide bonds. The minimum atomic E-state index is -4.68. The number of hydrogen-bond acceptors (Lipinski definition) is 4. The van der Waals surface area contributed by atoms with Crippen LogP contribution in [0.2, 0.25) is 0 Å². The number of nitrogens with zero attached hydrogens (tertiary/aromatic N) is 3. The topological polar surface area (TPSA) is 82.2 Å². The maximum Gasteiger partial charge on any atom is 0.418 e. The van der Waals surface area contributed by atoms with Crippen molar-refractivity contribution in [3.05, 3.63) is 59.9 Å². The third-order valence-corrected chi connectivity index (χ3v) is 5.08. The molecule has 12 heteroatoms. The first-order valence-corrected chi connectivity index (χ1v) is 10.1. The Hall–Kier alpha value is -3.67. The van der Waals surface area contributed by atoms with Crippen molar-refractivity contribution in [1.82, 2.24) is 9.80 Å². The van der Waals surface area contributed by atoms with E-state index in [-0.39, 0.29) is 26.4 Å². The lowest BCUT2D eigenvalue weighted by molar-refractivity contribution is -0.137. The van der Waals surface area contributed by atoms with Gasteiger partial charge in [0.15, 0.2) is 0 Å². The van der Waals surface area contributed by atoms with Crippen LogP contribution in [0.3, 0.4) is 0 Å². The van der Waals surface area contributed by atoms with E-state index in [0.29, 0.717) is 5.69 Å². The Labute approximate surface area is 192 Å². The van der Waals surface area contributed by atoms with Gasteiger partial charge in [0, 0.05) is 19.3 Å². The van der Waals surface area contributed by atoms with E-state index in [1.54, 1.807) is 0 Å². The summed E-state index contributed by atoms with van der Waals surface area (Å²) in [5, 5.41) is 2.20. The van der Waals surface area contributed by atoms with Crippen LogP contribution in [0.1, 0.15) is 5.56 Å². The lowest BCUT2D eigenvalue weighted by Gasteiger charge is -2.25. The number of carbonyl (C=O) groups is 3. The molecule has 1 heterocycles. The molecular formula is C22H22F4N4O4. The molecule has 2 aromatic carbocycles. The molecule has 1 saturated heterocycles. The van der Waals surface area contributed by atoms with Crippen molar-refractivity contribution in [3.8, 4) is 0 Å². The third kappa shape index (κ3) is 6.01. The molecule has 0 radical (unpaired) electrons. The van der Waals surface area contributed by atoms with Crippen LogP contribution in [0.4, 0.5) is 33.7 Å². The van der Waals surface area contributed by atoms with E-state index in [1.807, 2.05) is 0 Å². The molecule has 0 spiro atoms. The zero-order valence-electron chi connectivity index (χ0n) is 18.1. The summed E-state index contributed by atoms with van der Waals surface area (Å²) in [5.74, 6) is -1.46. The molecule has 2 aromatic rings. The van der Waals surface area contributed by atoms with E-state index >= 15 is 0 Å². The Morgan fingerprint density at radius 3 is 2.44 bits per heavy atom. The Morgan fingerprint density at radius 2 is 1.79 bits per heavy atom. The van der Waals surface area contributed by atoms with Crippen LogP contribution in [0.25, 0.3) is 0 Å². The van der Waals surface area contributed by atoms with E-state index in [1.165, 1.54) is 53.3 Å². The fourth-order valence-electron chi connectivity index (χ4n) is 3.31. The molecule has 0 atom stereocenters. The van der Waals surface area contributed by atoms with E-state index in [9.17, 15) is 31.9 Å². The summed E-state index contributed by atoms with van der Waals surface area (Å²) in [6.07, 6.45) is -4.68. The fraction of sp³-hybridized carbons (Fsp3) is 0.318. The number of hydrogen-bond donors (Lipinski definition) is 1. The molecule has 34 heavy (non-hydrogen) atoms. The Morgan fingerprint density at radius 1 is 1.12 bits per heavy atom. The SMILES string of the molecule is COCCN(CC(=O)N1CC(=O)N(c2ccc(F)cc2)C1)C(=O)Nc1ccccc1C(F)(F)F. The highest BCUT2D eigenvalue weighted by Gasteiger charge is 2.35. The molecule has 1 fully saturated rings. The Bertz CT molecular complexity index is 1050. The number of amides is 4. The maximum absolute atomic E-state index is 13.2. The summed E-state index contributed by atoms with van der Waals surface area (Å²) in [6, 6.07) is 8.72. The van der Waals surface area contributed by atoms with Gasteiger partial charge in [0.1, 0.15) is 25.6 Å². The van der Waals surface area contributed by atoms with Gasteiger partial charge in [-0.1, -0.05) is 12.1 Å². The molecule has 182 valence electrons. The maximum atomic E-state index is 13.2. The van der Waals surface area contributed by atoms with Gasteiger partial charge in [0.05, 0.1) is 17.9 Å². The Balaban J connectivity index is 1.70. The van der Waals surface area contributed by atoms with Gasteiger partial charge in [-0.3, -0.25) is 14.5 Å². The standard InChI is InChI=1S/C22H22F4N4O4/c1-34-11-10-28(21(33)27-18-5-3-2-4-17(18)22(24,25)26)12-19(31)29-13-20(32)30(14-29)16-8-6-15(23)7-9-16/h2-9H,10-14H2,1H3,(H,27,33). The van der Waals surface area contributed by atoms with Gasteiger partial charge < -0.3 is 19.9 Å². The van der Waals surface area contributed by atoms with Gasteiger partial charge in [0.2, 0.25) is 11.8 Å². The van der Waals surface area contributed by atoms with Crippen LogP contribution >= 0.6 is 0 Å². The normalized spacial score (nSPS) is 13.9. The summed E-state index contributed by atoms with van der Waals surface area (Å²) >= 11 is 0. The highest BCUT2D eigenvalue weighted by Crippen LogP contribution is 2.34. The van der Waals surface area contributed by atoms with Crippen LogP contribution < -0.4 is 10.2 Å².